The lowest BCUT2D eigenvalue weighted by atomic mass is 9.80. The molecule has 1 unspecified atom stereocenters. The normalized spacial score (nSPS) is 26.6. The number of piperidine rings is 1. The minimum Gasteiger partial charge on any atom is -0.316 e. The van der Waals surface area contributed by atoms with E-state index in [0.717, 1.165) is 19.5 Å². The van der Waals surface area contributed by atoms with Crippen LogP contribution in [0.3, 0.4) is 0 Å². The van der Waals surface area contributed by atoms with Crippen molar-refractivity contribution >= 4 is 0 Å². The summed E-state index contributed by atoms with van der Waals surface area (Å²) in [4.78, 5) is 0. The third kappa shape index (κ3) is 4.38. The SMILES string of the molecule is CC1(C)CNCCC1NCCC(F)(F)F. The topological polar surface area (TPSA) is 24.1 Å². The summed E-state index contributed by atoms with van der Waals surface area (Å²) in [6.07, 6.45) is -3.90. The summed E-state index contributed by atoms with van der Waals surface area (Å²) >= 11 is 0. The summed E-state index contributed by atoms with van der Waals surface area (Å²) in [6.45, 7) is 5.91. The molecule has 0 spiro atoms. The Morgan fingerprint density at radius 2 is 2.07 bits per heavy atom. The Labute approximate surface area is 88.6 Å². The summed E-state index contributed by atoms with van der Waals surface area (Å²) in [6, 6.07) is 0.182. The average Bonchev–Trinajstić information content (AvgIpc) is 2.05. The molecule has 1 rings (SSSR count). The first-order chi connectivity index (χ1) is 6.81. The number of alkyl halides is 3. The van der Waals surface area contributed by atoms with Crippen LogP contribution in [0.25, 0.3) is 0 Å². The predicted molar refractivity (Wildman–Crippen MR) is 53.7 cm³/mol. The molecule has 1 heterocycles. The average molecular weight is 224 g/mol. The van der Waals surface area contributed by atoms with Crippen LogP contribution < -0.4 is 10.6 Å². The van der Waals surface area contributed by atoms with Gasteiger partial charge in [0.25, 0.3) is 0 Å². The molecular weight excluding hydrogens is 205 g/mol. The van der Waals surface area contributed by atoms with Crippen molar-refractivity contribution in [3.63, 3.8) is 0 Å². The van der Waals surface area contributed by atoms with E-state index in [1.54, 1.807) is 0 Å². The van der Waals surface area contributed by atoms with Gasteiger partial charge in [0.2, 0.25) is 0 Å². The van der Waals surface area contributed by atoms with Crippen LogP contribution in [0.15, 0.2) is 0 Å². The van der Waals surface area contributed by atoms with Crippen molar-refractivity contribution in [3.8, 4) is 0 Å². The van der Waals surface area contributed by atoms with Crippen molar-refractivity contribution in [1.29, 1.82) is 0 Å². The molecule has 0 aromatic heterocycles. The number of hydrogen-bond donors (Lipinski definition) is 2. The molecule has 1 aliphatic rings. The zero-order valence-electron chi connectivity index (χ0n) is 9.25. The van der Waals surface area contributed by atoms with Crippen molar-refractivity contribution in [2.75, 3.05) is 19.6 Å². The van der Waals surface area contributed by atoms with Gasteiger partial charge in [-0.2, -0.15) is 13.2 Å². The second-order valence-corrected chi connectivity index (χ2v) is 4.83. The highest BCUT2D eigenvalue weighted by atomic mass is 19.4. The maximum atomic E-state index is 12.0. The Morgan fingerprint density at radius 1 is 1.40 bits per heavy atom. The summed E-state index contributed by atoms with van der Waals surface area (Å²) < 4.78 is 35.9. The molecule has 1 fully saturated rings. The second-order valence-electron chi connectivity index (χ2n) is 4.83. The summed E-state index contributed by atoms with van der Waals surface area (Å²) in [5.74, 6) is 0. The van der Waals surface area contributed by atoms with E-state index in [1.165, 1.54) is 0 Å². The molecule has 0 amide bonds. The van der Waals surface area contributed by atoms with E-state index in [4.69, 9.17) is 0 Å². The maximum Gasteiger partial charge on any atom is 0.390 e. The summed E-state index contributed by atoms with van der Waals surface area (Å²) in [7, 11) is 0. The van der Waals surface area contributed by atoms with Gasteiger partial charge in [-0.25, -0.2) is 0 Å². The van der Waals surface area contributed by atoms with Gasteiger partial charge in [0.1, 0.15) is 0 Å². The van der Waals surface area contributed by atoms with Crippen molar-refractivity contribution < 1.29 is 13.2 Å². The van der Waals surface area contributed by atoms with Crippen LogP contribution in [-0.2, 0) is 0 Å². The van der Waals surface area contributed by atoms with E-state index < -0.39 is 12.6 Å². The quantitative estimate of drug-likeness (QED) is 0.765. The molecular formula is C10H19F3N2. The zero-order valence-corrected chi connectivity index (χ0v) is 9.25. The van der Waals surface area contributed by atoms with Gasteiger partial charge in [-0.15, -0.1) is 0 Å². The zero-order chi connectivity index (χ0) is 11.5. The summed E-state index contributed by atoms with van der Waals surface area (Å²) in [5.41, 5.74) is 0.0316. The van der Waals surface area contributed by atoms with Crippen LogP contribution in [-0.4, -0.2) is 31.9 Å². The summed E-state index contributed by atoms with van der Waals surface area (Å²) in [5, 5.41) is 6.26. The molecule has 2 nitrogen and oxygen atoms in total. The van der Waals surface area contributed by atoms with Gasteiger partial charge in [-0.3, -0.25) is 0 Å². The van der Waals surface area contributed by atoms with Crippen LogP contribution in [0, 0.1) is 5.41 Å². The lowest BCUT2D eigenvalue weighted by Crippen LogP contribution is -2.53. The van der Waals surface area contributed by atoms with E-state index in [-0.39, 0.29) is 18.0 Å². The highest BCUT2D eigenvalue weighted by Gasteiger charge is 2.33. The predicted octanol–water partition coefficient (Wildman–Crippen LogP) is 1.92. The van der Waals surface area contributed by atoms with Gasteiger partial charge in [-0.05, 0) is 18.4 Å². The van der Waals surface area contributed by atoms with E-state index in [1.807, 2.05) is 0 Å². The van der Waals surface area contributed by atoms with E-state index >= 15 is 0 Å². The molecule has 2 N–H and O–H groups in total. The molecule has 0 aromatic rings. The highest BCUT2D eigenvalue weighted by molar-refractivity contribution is 4.90. The Kier molecular flexibility index (Phi) is 4.00. The van der Waals surface area contributed by atoms with Crippen molar-refractivity contribution in [2.24, 2.45) is 5.41 Å². The molecule has 1 saturated heterocycles. The van der Waals surface area contributed by atoms with Crippen molar-refractivity contribution in [3.05, 3.63) is 0 Å². The van der Waals surface area contributed by atoms with Gasteiger partial charge >= 0.3 is 6.18 Å². The fourth-order valence-electron chi connectivity index (χ4n) is 1.94. The van der Waals surface area contributed by atoms with Crippen LogP contribution in [0.4, 0.5) is 13.2 Å². The Balaban J connectivity index is 2.31. The molecule has 5 heteroatoms. The minimum absolute atomic E-state index is 0.0254. The van der Waals surface area contributed by atoms with Gasteiger partial charge < -0.3 is 10.6 Å². The van der Waals surface area contributed by atoms with E-state index in [9.17, 15) is 13.2 Å². The highest BCUT2D eigenvalue weighted by Crippen LogP contribution is 2.25. The molecule has 1 atom stereocenters. The lowest BCUT2D eigenvalue weighted by Gasteiger charge is -2.39. The van der Waals surface area contributed by atoms with Crippen molar-refractivity contribution in [2.45, 2.75) is 38.9 Å². The molecule has 0 radical (unpaired) electrons. The first kappa shape index (κ1) is 12.8. The van der Waals surface area contributed by atoms with Gasteiger partial charge in [0, 0.05) is 19.1 Å². The maximum absolute atomic E-state index is 12.0. The lowest BCUT2D eigenvalue weighted by molar-refractivity contribution is -0.134. The first-order valence-electron chi connectivity index (χ1n) is 5.32. The molecule has 90 valence electrons. The number of rotatable bonds is 3. The monoisotopic (exact) mass is 224 g/mol. The molecule has 1 aliphatic heterocycles. The standard InChI is InChI=1S/C10H19F3N2/c1-9(2)7-14-5-3-8(9)15-6-4-10(11,12)13/h8,14-15H,3-7H2,1-2H3. The molecule has 0 aromatic carbocycles. The van der Waals surface area contributed by atoms with Crippen molar-refractivity contribution in [1.82, 2.24) is 10.6 Å². The van der Waals surface area contributed by atoms with Crippen LogP contribution in [0.2, 0.25) is 0 Å². The van der Waals surface area contributed by atoms with E-state index in [2.05, 4.69) is 24.5 Å². The first-order valence-corrected chi connectivity index (χ1v) is 5.32. The second kappa shape index (κ2) is 4.70. The Morgan fingerprint density at radius 3 is 2.60 bits per heavy atom. The molecule has 0 bridgehead atoms. The number of nitrogens with one attached hydrogen (secondary N) is 2. The third-order valence-corrected chi connectivity index (χ3v) is 2.93. The molecule has 15 heavy (non-hydrogen) atoms. The molecule has 0 aliphatic carbocycles. The largest absolute Gasteiger partial charge is 0.390 e. The fraction of sp³-hybridized carbons (Fsp3) is 1.00. The van der Waals surface area contributed by atoms with Crippen LogP contribution in [0.5, 0.6) is 0 Å². The smallest absolute Gasteiger partial charge is 0.316 e. The minimum atomic E-state index is -4.05. The fourth-order valence-corrected chi connectivity index (χ4v) is 1.94. The van der Waals surface area contributed by atoms with Gasteiger partial charge in [0.05, 0.1) is 6.42 Å². The van der Waals surface area contributed by atoms with Crippen LogP contribution >= 0.6 is 0 Å². The Bertz CT molecular complexity index is 201. The number of halogens is 3. The van der Waals surface area contributed by atoms with Gasteiger partial charge in [-0.1, -0.05) is 13.8 Å². The Hall–Kier alpha value is -0.290. The van der Waals surface area contributed by atoms with Gasteiger partial charge in [0.15, 0.2) is 0 Å². The molecule has 0 saturated carbocycles. The number of hydrogen-bond acceptors (Lipinski definition) is 2. The third-order valence-electron chi connectivity index (χ3n) is 2.93. The van der Waals surface area contributed by atoms with E-state index in [0.29, 0.717) is 0 Å². The van der Waals surface area contributed by atoms with Crippen LogP contribution in [0.1, 0.15) is 26.7 Å².